The van der Waals surface area contributed by atoms with Gasteiger partial charge in [-0.15, -0.1) is 0 Å². The van der Waals surface area contributed by atoms with E-state index in [9.17, 15) is 0 Å². The Labute approximate surface area is 99.6 Å². The molecule has 2 rings (SSSR count). The molecule has 0 unspecified atom stereocenters. The number of anilines is 1. The van der Waals surface area contributed by atoms with E-state index in [1.807, 2.05) is 14.1 Å². The van der Waals surface area contributed by atoms with Crippen LogP contribution in [-0.4, -0.2) is 19.6 Å². The standard InChI is InChI=1S/C12H17BrN2/c1-15(2)11-4-3-9(7-10(11)13)8-12(14)5-6-12/h3-4,7H,5-6,8,14H2,1-2H3. The molecular formula is C12H17BrN2. The Balaban J connectivity index is 2.17. The second kappa shape index (κ2) is 3.80. The Bertz CT molecular complexity index is 370. The number of hydrogen-bond donors (Lipinski definition) is 1. The van der Waals surface area contributed by atoms with E-state index in [0.717, 1.165) is 10.9 Å². The molecule has 2 nitrogen and oxygen atoms in total. The molecule has 0 spiro atoms. The summed E-state index contributed by atoms with van der Waals surface area (Å²) in [5, 5.41) is 0. The first-order chi connectivity index (χ1) is 7.00. The van der Waals surface area contributed by atoms with Gasteiger partial charge in [0.1, 0.15) is 0 Å². The van der Waals surface area contributed by atoms with Gasteiger partial charge in [-0.1, -0.05) is 6.07 Å². The first-order valence-electron chi connectivity index (χ1n) is 5.25. The average molecular weight is 269 g/mol. The fourth-order valence-electron chi connectivity index (χ4n) is 1.77. The highest BCUT2D eigenvalue weighted by molar-refractivity contribution is 9.10. The summed E-state index contributed by atoms with van der Waals surface area (Å²) in [6.07, 6.45) is 3.33. The molecule has 0 heterocycles. The van der Waals surface area contributed by atoms with Crippen molar-refractivity contribution in [2.75, 3.05) is 19.0 Å². The summed E-state index contributed by atoms with van der Waals surface area (Å²) in [7, 11) is 4.09. The number of hydrogen-bond acceptors (Lipinski definition) is 2. The summed E-state index contributed by atoms with van der Waals surface area (Å²) >= 11 is 3.59. The third kappa shape index (κ3) is 2.52. The highest BCUT2D eigenvalue weighted by atomic mass is 79.9. The van der Waals surface area contributed by atoms with Crippen LogP contribution in [0.25, 0.3) is 0 Å². The van der Waals surface area contributed by atoms with Crippen molar-refractivity contribution in [3.05, 3.63) is 28.2 Å². The van der Waals surface area contributed by atoms with Crippen LogP contribution in [0.5, 0.6) is 0 Å². The van der Waals surface area contributed by atoms with E-state index in [1.54, 1.807) is 0 Å². The van der Waals surface area contributed by atoms with Gasteiger partial charge < -0.3 is 10.6 Å². The zero-order valence-electron chi connectivity index (χ0n) is 9.26. The van der Waals surface area contributed by atoms with Crippen molar-refractivity contribution in [3.63, 3.8) is 0 Å². The molecule has 2 N–H and O–H groups in total. The summed E-state index contributed by atoms with van der Waals surface area (Å²) in [5.74, 6) is 0. The maximum absolute atomic E-state index is 6.10. The van der Waals surface area contributed by atoms with Gasteiger partial charge in [0.05, 0.1) is 5.69 Å². The van der Waals surface area contributed by atoms with Crippen LogP contribution in [0.3, 0.4) is 0 Å². The third-order valence-corrected chi connectivity index (χ3v) is 3.58. The molecule has 0 bridgehead atoms. The zero-order valence-corrected chi connectivity index (χ0v) is 10.8. The van der Waals surface area contributed by atoms with E-state index in [0.29, 0.717) is 0 Å². The van der Waals surface area contributed by atoms with Gasteiger partial charge in [-0.05, 0) is 52.9 Å². The van der Waals surface area contributed by atoms with Gasteiger partial charge in [-0.3, -0.25) is 0 Å². The largest absolute Gasteiger partial charge is 0.377 e. The van der Waals surface area contributed by atoms with Crippen LogP contribution in [0, 0.1) is 0 Å². The molecule has 0 saturated heterocycles. The summed E-state index contributed by atoms with van der Waals surface area (Å²) in [5.41, 5.74) is 8.73. The number of halogens is 1. The van der Waals surface area contributed by atoms with Crippen molar-refractivity contribution in [1.82, 2.24) is 0 Å². The molecule has 1 fully saturated rings. The van der Waals surface area contributed by atoms with Crippen LogP contribution in [-0.2, 0) is 6.42 Å². The Kier molecular flexibility index (Phi) is 2.77. The molecule has 1 aromatic rings. The molecule has 0 atom stereocenters. The zero-order chi connectivity index (χ0) is 11.1. The Morgan fingerprint density at radius 2 is 2.07 bits per heavy atom. The number of nitrogens with two attached hydrogens (primary N) is 1. The van der Waals surface area contributed by atoms with E-state index in [2.05, 4.69) is 39.0 Å². The van der Waals surface area contributed by atoms with E-state index < -0.39 is 0 Å². The average Bonchev–Trinajstić information content (AvgIpc) is 2.82. The van der Waals surface area contributed by atoms with E-state index in [-0.39, 0.29) is 5.54 Å². The van der Waals surface area contributed by atoms with Gasteiger partial charge in [0.2, 0.25) is 0 Å². The minimum absolute atomic E-state index is 0.0963. The molecule has 1 saturated carbocycles. The van der Waals surface area contributed by atoms with Crippen LogP contribution in [0.15, 0.2) is 22.7 Å². The van der Waals surface area contributed by atoms with E-state index in [1.165, 1.54) is 24.1 Å². The molecule has 1 aliphatic carbocycles. The molecule has 0 radical (unpaired) electrons. The number of nitrogens with zero attached hydrogens (tertiary/aromatic N) is 1. The molecule has 82 valence electrons. The normalized spacial score (nSPS) is 17.6. The van der Waals surface area contributed by atoms with Gasteiger partial charge in [-0.2, -0.15) is 0 Å². The summed E-state index contributed by atoms with van der Waals surface area (Å²) in [6, 6.07) is 6.50. The highest BCUT2D eigenvalue weighted by Crippen LogP contribution is 2.36. The third-order valence-electron chi connectivity index (χ3n) is 2.94. The number of rotatable bonds is 3. The van der Waals surface area contributed by atoms with Crippen molar-refractivity contribution in [1.29, 1.82) is 0 Å². The maximum Gasteiger partial charge on any atom is 0.0505 e. The Morgan fingerprint density at radius 1 is 1.40 bits per heavy atom. The van der Waals surface area contributed by atoms with Crippen LogP contribution in [0.1, 0.15) is 18.4 Å². The lowest BCUT2D eigenvalue weighted by atomic mass is 10.0. The Morgan fingerprint density at radius 3 is 2.53 bits per heavy atom. The lowest BCUT2D eigenvalue weighted by molar-refractivity contribution is 0.672. The van der Waals surface area contributed by atoms with Crippen molar-refractivity contribution in [3.8, 4) is 0 Å². The fraction of sp³-hybridized carbons (Fsp3) is 0.500. The van der Waals surface area contributed by atoms with Crippen LogP contribution < -0.4 is 10.6 Å². The second-order valence-electron chi connectivity index (χ2n) is 4.72. The minimum atomic E-state index is 0.0963. The molecule has 0 aromatic heterocycles. The minimum Gasteiger partial charge on any atom is -0.377 e. The molecule has 1 aliphatic rings. The summed E-state index contributed by atoms with van der Waals surface area (Å²) < 4.78 is 1.15. The highest BCUT2D eigenvalue weighted by Gasteiger charge is 2.37. The molecule has 0 amide bonds. The first kappa shape index (κ1) is 11.0. The van der Waals surface area contributed by atoms with Gasteiger partial charge in [-0.25, -0.2) is 0 Å². The lowest BCUT2D eigenvalue weighted by Gasteiger charge is -2.16. The first-order valence-corrected chi connectivity index (χ1v) is 6.04. The fourth-order valence-corrected chi connectivity index (χ4v) is 2.55. The van der Waals surface area contributed by atoms with Crippen LogP contribution in [0.2, 0.25) is 0 Å². The smallest absolute Gasteiger partial charge is 0.0505 e. The molecular weight excluding hydrogens is 252 g/mol. The van der Waals surface area contributed by atoms with Crippen molar-refractivity contribution in [2.24, 2.45) is 5.73 Å². The van der Waals surface area contributed by atoms with Crippen LogP contribution >= 0.6 is 15.9 Å². The SMILES string of the molecule is CN(C)c1ccc(CC2(N)CC2)cc1Br. The summed E-state index contributed by atoms with van der Waals surface area (Å²) in [6.45, 7) is 0. The molecule has 1 aromatic carbocycles. The van der Waals surface area contributed by atoms with Gasteiger partial charge in [0.25, 0.3) is 0 Å². The van der Waals surface area contributed by atoms with Gasteiger partial charge >= 0.3 is 0 Å². The summed E-state index contributed by atoms with van der Waals surface area (Å²) in [4.78, 5) is 2.10. The lowest BCUT2D eigenvalue weighted by Crippen LogP contribution is -2.24. The van der Waals surface area contributed by atoms with Crippen LogP contribution in [0.4, 0.5) is 5.69 Å². The van der Waals surface area contributed by atoms with E-state index >= 15 is 0 Å². The van der Waals surface area contributed by atoms with E-state index in [4.69, 9.17) is 5.73 Å². The molecule has 0 aliphatic heterocycles. The molecule has 15 heavy (non-hydrogen) atoms. The van der Waals surface area contributed by atoms with Crippen molar-refractivity contribution >= 4 is 21.6 Å². The predicted molar refractivity (Wildman–Crippen MR) is 68.3 cm³/mol. The second-order valence-corrected chi connectivity index (χ2v) is 5.57. The topological polar surface area (TPSA) is 29.3 Å². The van der Waals surface area contributed by atoms with Crippen molar-refractivity contribution in [2.45, 2.75) is 24.8 Å². The Hall–Kier alpha value is -0.540. The monoisotopic (exact) mass is 268 g/mol. The predicted octanol–water partition coefficient (Wildman–Crippen LogP) is 2.55. The van der Waals surface area contributed by atoms with Gasteiger partial charge in [0, 0.05) is 24.1 Å². The van der Waals surface area contributed by atoms with Gasteiger partial charge in [0.15, 0.2) is 0 Å². The quantitative estimate of drug-likeness (QED) is 0.913. The molecule has 3 heteroatoms. The number of benzene rings is 1. The maximum atomic E-state index is 6.10. The van der Waals surface area contributed by atoms with Crippen molar-refractivity contribution < 1.29 is 0 Å².